The van der Waals surface area contributed by atoms with Crippen molar-refractivity contribution in [1.29, 1.82) is 0 Å². The maximum absolute atomic E-state index is 6.00. The fourth-order valence-electron chi connectivity index (χ4n) is 4.68. The maximum Gasteiger partial charge on any atom is 0.0406 e. The Bertz CT molecular complexity index is 1270. The molecule has 0 aliphatic carbocycles. The average molecular weight is 548 g/mol. The van der Waals surface area contributed by atoms with Gasteiger partial charge < -0.3 is 10.6 Å². The summed E-state index contributed by atoms with van der Waals surface area (Å²) in [4.78, 5) is 0. The van der Waals surface area contributed by atoms with Gasteiger partial charge in [-0.15, -0.1) is 0 Å². The fourth-order valence-corrected chi connectivity index (χ4v) is 4.93. The average Bonchev–Trinajstić information content (AvgIpc) is 2.90. The zero-order valence-corrected chi connectivity index (χ0v) is 24.8. The van der Waals surface area contributed by atoms with Crippen molar-refractivity contribution < 1.29 is 0 Å². The van der Waals surface area contributed by atoms with E-state index in [4.69, 9.17) is 23.2 Å². The zero-order chi connectivity index (χ0) is 27.5. The van der Waals surface area contributed by atoms with Crippen LogP contribution in [0.3, 0.4) is 0 Å². The molecule has 4 aromatic rings. The van der Waals surface area contributed by atoms with Crippen LogP contribution < -0.4 is 10.6 Å². The summed E-state index contributed by atoms with van der Waals surface area (Å²) in [6, 6.07) is 27.5. The van der Waals surface area contributed by atoms with Crippen LogP contribution in [0.1, 0.15) is 52.8 Å². The lowest BCUT2D eigenvalue weighted by molar-refractivity contribution is 1.01. The number of hydrogen-bond acceptors (Lipinski definition) is 2. The predicted octanol–water partition coefficient (Wildman–Crippen LogP) is 9.84. The van der Waals surface area contributed by atoms with Gasteiger partial charge in [0.1, 0.15) is 0 Å². The van der Waals surface area contributed by atoms with Crippen LogP contribution in [-0.2, 0) is 19.3 Å². The minimum atomic E-state index is 0.781. The van der Waals surface area contributed by atoms with Crippen LogP contribution in [0.5, 0.6) is 0 Å². The number of aryl methyl sites for hydroxylation is 3. The molecule has 0 unspecified atom stereocenters. The highest BCUT2D eigenvalue weighted by Crippen LogP contribution is 2.25. The molecule has 4 heteroatoms. The Kier molecular flexibility index (Phi) is 11.6. The highest BCUT2D eigenvalue weighted by molar-refractivity contribution is 6.30. The third-order valence-corrected chi connectivity index (χ3v) is 7.07. The van der Waals surface area contributed by atoms with Gasteiger partial charge in [-0.2, -0.15) is 0 Å². The molecular formula is C34H40Cl2N2. The summed E-state index contributed by atoms with van der Waals surface area (Å²) in [6.45, 7) is 12.4. The van der Waals surface area contributed by atoms with Gasteiger partial charge in [-0.25, -0.2) is 0 Å². The molecule has 0 aromatic heterocycles. The first-order valence-corrected chi connectivity index (χ1v) is 14.3. The van der Waals surface area contributed by atoms with E-state index in [1.165, 1.54) is 50.3 Å². The van der Waals surface area contributed by atoms with Crippen molar-refractivity contribution in [2.75, 3.05) is 23.7 Å². The minimum absolute atomic E-state index is 0.781. The SMILES string of the molecule is CC.Cc1cc(Cc2cc(C)c(NCCc3ccc(Cl)cc3)c(C)c2)ccc1NCCc1ccc(Cl)cc1. The first-order chi connectivity index (χ1) is 18.4. The number of rotatable bonds is 10. The van der Waals surface area contributed by atoms with E-state index in [1.807, 2.05) is 38.1 Å². The standard InChI is InChI=1S/C32H34Cl2N2.C2H6/c1-22-18-27(8-13-31(22)35-16-14-25-4-9-29(33)10-5-25)21-28-19-23(2)32(24(3)20-28)36-17-15-26-6-11-30(34)12-7-26;1-2/h4-13,18-20,35-36H,14-17,21H2,1-3H3;1-2H3. The molecule has 0 heterocycles. The van der Waals surface area contributed by atoms with E-state index in [-0.39, 0.29) is 0 Å². The van der Waals surface area contributed by atoms with Gasteiger partial charge in [0, 0.05) is 34.5 Å². The Morgan fingerprint density at radius 3 is 1.47 bits per heavy atom. The smallest absolute Gasteiger partial charge is 0.0406 e. The van der Waals surface area contributed by atoms with Crippen LogP contribution in [0.25, 0.3) is 0 Å². The van der Waals surface area contributed by atoms with Crippen molar-refractivity contribution in [2.24, 2.45) is 0 Å². The van der Waals surface area contributed by atoms with Gasteiger partial charge in [0.05, 0.1) is 0 Å². The third kappa shape index (κ3) is 8.82. The zero-order valence-electron chi connectivity index (χ0n) is 23.3. The predicted molar refractivity (Wildman–Crippen MR) is 169 cm³/mol. The van der Waals surface area contributed by atoms with Gasteiger partial charge >= 0.3 is 0 Å². The van der Waals surface area contributed by atoms with Crippen LogP contribution in [0, 0.1) is 20.8 Å². The van der Waals surface area contributed by atoms with Crippen molar-refractivity contribution in [3.63, 3.8) is 0 Å². The van der Waals surface area contributed by atoms with Gasteiger partial charge in [0.25, 0.3) is 0 Å². The molecule has 0 fully saturated rings. The Hall–Kier alpha value is -2.94. The molecule has 0 radical (unpaired) electrons. The molecule has 38 heavy (non-hydrogen) atoms. The van der Waals surface area contributed by atoms with Gasteiger partial charge in [0.15, 0.2) is 0 Å². The van der Waals surface area contributed by atoms with Gasteiger partial charge in [-0.05, 0) is 109 Å². The van der Waals surface area contributed by atoms with Crippen LogP contribution in [0.15, 0.2) is 78.9 Å². The number of halogens is 2. The van der Waals surface area contributed by atoms with Gasteiger partial charge in [-0.1, -0.05) is 85.6 Å². The number of nitrogens with one attached hydrogen (secondary N) is 2. The monoisotopic (exact) mass is 546 g/mol. The molecule has 0 spiro atoms. The molecule has 2 nitrogen and oxygen atoms in total. The number of anilines is 2. The van der Waals surface area contributed by atoms with Crippen molar-refractivity contribution in [2.45, 2.75) is 53.9 Å². The van der Waals surface area contributed by atoms with E-state index < -0.39 is 0 Å². The summed E-state index contributed by atoms with van der Waals surface area (Å²) in [5, 5.41) is 8.78. The number of hydrogen-bond donors (Lipinski definition) is 2. The third-order valence-electron chi connectivity index (χ3n) is 6.56. The molecule has 0 atom stereocenters. The van der Waals surface area contributed by atoms with Crippen molar-refractivity contribution in [1.82, 2.24) is 0 Å². The Balaban J connectivity index is 0.00000195. The Morgan fingerprint density at radius 2 is 0.974 bits per heavy atom. The molecule has 0 amide bonds. The second-order valence-corrected chi connectivity index (χ2v) is 10.4. The van der Waals surface area contributed by atoms with E-state index in [1.54, 1.807) is 0 Å². The molecule has 0 aliphatic rings. The lowest BCUT2D eigenvalue weighted by atomic mass is 9.97. The number of benzene rings is 4. The van der Waals surface area contributed by atoms with Crippen LogP contribution >= 0.6 is 23.2 Å². The summed E-state index contributed by atoms with van der Waals surface area (Å²) in [7, 11) is 0. The lowest BCUT2D eigenvalue weighted by Gasteiger charge is -2.16. The van der Waals surface area contributed by atoms with Crippen molar-refractivity contribution in [3.8, 4) is 0 Å². The topological polar surface area (TPSA) is 24.1 Å². The van der Waals surface area contributed by atoms with E-state index in [9.17, 15) is 0 Å². The minimum Gasteiger partial charge on any atom is -0.384 e. The summed E-state index contributed by atoms with van der Waals surface area (Å²) in [5.41, 5.74) is 11.5. The van der Waals surface area contributed by atoms with Crippen LogP contribution in [-0.4, -0.2) is 13.1 Å². The summed E-state index contributed by atoms with van der Waals surface area (Å²) in [5.74, 6) is 0. The van der Waals surface area contributed by atoms with E-state index >= 15 is 0 Å². The van der Waals surface area contributed by atoms with Gasteiger partial charge in [-0.3, -0.25) is 0 Å². The first-order valence-electron chi connectivity index (χ1n) is 13.5. The second-order valence-electron chi connectivity index (χ2n) is 9.54. The Morgan fingerprint density at radius 1 is 0.526 bits per heavy atom. The summed E-state index contributed by atoms with van der Waals surface area (Å²) >= 11 is 12.0. The van der Waals surface area contributed by atoms with Gasteiger partial charge in [0.2, 0.25) is 0 Å². The maximum atomic E-state index is 6.00. The quantitative estimate of drug-likeness (QED) is 0.206. The molecule has 0 saturated heterocycles. The van der Waals surface area contributed by atoms with E-state index in [0.29, 0.717) is 0 Å². The summed E-state index contributed by atoms with van der Waals surface area (Å²) in [6.07, 6.45) is 2.87. The van der Waals surface area contributed by atoms with E-state index in [0.717, 1.165) is 42.4 Å². The normalized spacial score (nSPS) is 10.5. The molecule has 4 aromatic carbocycles. The molecule has 4 rings (SSSR count). The Labute approximate surface area is 239 Å². The molecule has 0 saturated carbocycles. The highest BCUT2D eigenvalue weighted by atomic mass is 35.5. The summed E-state index contributed by atoms with van der Waals surface area (Å²) < 4.78 is 0. The first kappa shape index (κ1) is 29.6. The fraction of sp³-hybridized carbons (Fsp3) is 0.294. The molecule has 2 N–H and O–H groups in total. The molecule has 200 valence electrons. The largest absolute Gasteiger partial charge is 0.384 e. The lowest BCUT2D eigenvalue weighted by Crippen LogP contribution is -2.08. The highest BCUT2D eigenvalue weighted by Gasteiger charge is 2.08. The molecule has 0 bridgehead atoms. The van der Waals surface area contributed by atoms with Crippen LogP contribution in [0.4, 0.5) is 11.4 Å². The molecular weight excluding hydrogens is 507 g/mol. The van der Waals surface area contributed by atoms with Crippen molar-refractivity contribution in [3.05, 3.63) is 128 Å². The van der Waals surface area contributed by atoms with Crippen molar-refractivity contribution >= 4 is 34.6 Å². The van der Waals surface area contributed by atoms with E-state index in [2.05, 4.69) is 86.0 Å². The second kappa shape index (κ2) is 14.9. The van der Waals surface area contributed by atoms with Crippen LogP contribution in [0.2, 0.25) is 10.0 Å². The molecule has 0 aliphatic heterocycles.